The molecule has 1 heterocycles. The van der Waals surface area contributed by atoms with Crippen LogP contribution in [-0.2, 0) is 23.2 Å². The van der Waals surface area contributed by atoms with E-state index in [4.69, 9.17) is 0 Å². The highest BCUT2D eigenvalue weighted by molar-refractivity contribution is 5.75. The average molecular weight is 363 g/mol. The first-order chi connectivity index (χ1) is 12.8. The number of hydrogen-bond donors (Lipinski definition) is 1. The molecule has 1 N–H and O–H groups in total. The van der Waals surface area contributed by atoms with Crippen LogP contribution < -0.4 is 0 Å². The van der Waals surface area contributed by atoms with E-state index in [1.54, 1.807) is 4.68 Å². The summed E-state index contributed by atoms with van der Waals surface area (Å²) in [5.41, 5.74) is 1.77. The fourth-order valence-corrected chi connectivity index (χ4v) is 2.94. The number of carboxylic acid groups (broad SMARTS) is 1. The van der Waals surface area contributed by atoms with Crippen molar-refractivity contribution in [3.05, 3.63) is 83.4 Å². The van der Waals surface area contributed by atoms with E-state index in [9.17, 15) is 9.90 Å². The first kappa shape index (κ1) is 18.8. The van der Waals surface area contributed by atoms with E-state index < -0.39 is 11.9 Å². The van der Waals surface area contributed by atoms with Gasteiger partial charge in [0, 0.05) is 5.41 Å². The molecule has 0 bridgehead atoms. The number of nitrogens with zero attached hydrogens (tertiary/aromatic N) is 3. The minimum atomic E-state index is -0.888. The van der Waals surface area contributed by atoms with Gasteiger partial charge in [0.2, 0.25) is 0 Å². The topological polar surface area (TPSA) is 68.0 Å². The summed E-state index contributed by atoms with van der Waals surface area (Å²) in [7, 11) is 0. The van der Waals surface area contributed by atoms with Crippen LogP contribution in [-0.4, -0.2) is 25.8 Å². The number of carboxylic acids is 1. The number of carbonyl (C=O) groups is 1. The lowest BCUT2D eigenvalue weighted by Gasteiger charge is -2.13. The van der Waals surface area contributed by atoms with Crippen LogP contribution in [0.25, 0.3) is 0 Å². The van der Waals surface area contributed by atoms with E-state index in [0.29, 0.717) is 24.6 Å². The molecule has 0 spiro atoms. The van der Waals surface area contributed by atoms with Crippen LogP contribution in [0.15, 0.2) is 60.7 Å². The zero-order chi connectivity index (χ0) is 19.4. The Balaban J connectivity index is 2.02. The highest BCUT2D eigenvalue weighted by atomic mass is 16.4. The normalized spacial score (nSPS) is 12.7. The Morgan fingerprint density at radius 2 is 1.56 bits per heavy atom. The van der Waals surface area contributed by atoms with Crippen LogP contribution in [0.1, 0.15) is 49.5 Å². The second-order valence-corrected chi connectivity index (χ2v) is 7.77. The molecule has 0 aliphatic heterocycles. The molecule has 1 atom stereocenters. The third-order valence-electron chi connectivity index (χ3n) is 4.44. The minimum Gasteiger partial charge on any atom is -0.481 e. The van der Waals surface area contributed by atoms with Crippen molar-refractivity contribution in [1.82, 2.24) is 14.8 Å². The maximum atomic E-state index is 12.1. The molecule has 0 saturated heterocycles. The van der Waals surface area contributed by atoms with E-state index in [2.05, 4.69) is 10.1 Å². The predicted octanol–water partition coefficient (Wildman–Crippen LogP) is 4.03. The Morgan fingerprint density at radius 1 is 1.00 bits per heavy atom. The molecule has 0 aliphatic carbocycles. The molecule has 5 nitrogen and oxygen atoms in total. The van der Waals surface area contributed by atoms with Crippen LogP contribution in [0.3, 0.4) is 0 Å². The largest absolute Gasteiger partial charge is 0.481 e. The summed E-state index contributed by atoms with van der Waals surface area (Å²) in [5.74, 6) is -0.478. The summed E-state index contributed by atoms with van der Waals surface area (Å²) in [6, 6.07) is 19.6. The van der Waals surface area contributed by atoms with Gasteiger partial charge in [-0.3, -0.25) is 4.79 Å². The van der Waals surface area contributed by atoms with Crippen LogP contribution >= 0.6 is 0 Å². The van der Waals surface area contributed by atoms with Gasteiger partial charge < -0.3 is 5.11 Å². The molecule has 3 aromatic rings. The lowest BCUT2D eigenvalue weighted by Crippen LogP contribution is -2.20. The number of aromatic nitrogens is 3. The average Bonchev–Trinajstić information content (AvgIpc) is 3.05. The molecule has 140 valence electrons. The SMILES string of the molecule is CC(C)(C)c1nc([C@H](Cc2ccccc2)C(=O)O)n(Cc2ccccc2)n1. The number of hydrogen-bond acceptors (Lipinski definition) is 3. The molecule has 0 amide bonds. The van der Waals surface area contributed by atoms with E-state index in [0.717, 1.165) is 11.1 Å². The highest BCUT2D eigenvalue weighted by Gasteiger charge is 2.30. The summed E-state index contributed by atoms with van der Waals surface area (Å²) in [4.78, 5) is 16.8. The fraction of sp³-hybridized carbons (Fsp3) is 0.318. The van der Waals surface area contributed by atoms with Gasteiger partial charge in [0.05, 0.1) is 6.54 Å². The van der Waals surface area contributed by atoms with Gasteiger partial charge in [-0.25, -0.2) is 9.67 Å². The minimum absolute atomic E-state index is 0.257. The zero-order valence-electron chi connectivity index (χ0n) is 16.0. The predicted molar refractivity (Wildman–Crippen MR) is 105 cm³/mol. The third-order valence-corrected chi connectivity index (χ3v) is 4.44. The van der Waals surface area contributed by atoms with Crippen LogP contribution in [0, 0.1) is 0 Å². The number of rotatable bonds is 6. The molecule has 0 aliphatic rings. The molecule has 5 heteroatoms. The van der Waals surface area contributed by atoms with Crippen molar-refractivity contribution in [1.29, 1.82) is 0 Å². The van der Waals surface area contributed by atoms with Crippen molar-refractivity contribution in [2.45, 2.75) is 45.1 Å². The molecular formula is C22H25N3O2. The summed E-state index contributed by atoms with van der Waals surface area (Å²) in [6.07, 6.45) is 0.382. The molecular weight excluding hydrogens is 338 g/mol. The smallest absolute Gasteiger partial charge is 0.314 e. The first-order valence-corrected chi connectivity index (χ1v) is 9.10. The van der Waals surface area contributed by atoms with Crippen LogP contribution in [0.2, 0.25) is 0 Å². The molecule has 0 radical (unpaired) electrons. The van der Waals surface area contributed by atoms with E-state index in [1.807, 2.05) is 81.4 Å². The molecule has 1 aromatic heterocycles. The number of aliphatic carboxylic acids is 1. The van der Waals surface area contributed by atoms with Gasteiger partial charge in [-0.1, -0.05) is 81.4 Å². The van der Waals surface area contributed by atoms with Gasteiger partial charge in [-0.05, 0) is 17.5 Å². The maximum Gasteiger partial charge on any atom is 0.314 e. The Bertz CT molecular complexity index is 896. The second-order valence-electron chi connectivity index (χ2n) is 7.77. The maximum absolute atomic E-state index is 12.1. The number of benzene rings is 2. The zero-order valence-corrected chi connectivity index (χ0v) is 16.0. The lowest BCUT2D eigenvalue weighted by atomic mass is 9.95. The van der Waals surface area contributed by atoms with Crippen molar-refractivity contribution in [2.75, 3.05) is 0 Å². The highest BCUT2D eigenvalue weighted by Crippen LogP contribution is 2.25. The molecule has 2 aromatic carbocycles. The summed E-state index contributed by atoms with van der Waals surface area (Å²) in [5, 5.41) is 14.6. The lowest BCUT2D eigenvalue weighted by molar-refractivity contribution is -0.139. The van der Waals surface area contributed by atoms with E-state index >= 15 is 0 Å². The standard InChI is InChI=1S/C22H25N3O2/c1-22(2,3)21-23-19(25(24-21)15-17-12-8-5-9-13-17)18(20(26)27)14-16-10-6-4-7-11-16/h4-13,18H,14-15H2,1-3H3,(H,26,27)/t18-/m0/s1. The van der Waals surface area contributed by atoms with Crippen molar-refractivity contribution in [3.63, 3.8) is 0 Å². The van der Waals surface area contributed by atoms with Crippen LogP contribution in [0.5, 0.6) is 0 Å². The Morgan fingerprint density at radius 3 is 2.07 bits per heavy atom. The summed E-state index contributed by atoms with van der Waals surface area (Å²) in [6.45, 7) is 6.60. The monoisotopic (exact) mass is 363 g/mol. The van der Waals surface area contributed by atoms with Gasteiger partial charge in [-0.15, -0.1) is 0 Å². The molecule has 0 saturated carbocycles. The van der Waals surface area contributed by atoms with Crippen LogP contribution in [0.4, 0.5) is 0 Å². The van der Waals surface area contributed by atoms with Crippen molar-refractivity contribution in [2.24, 2.45) is 0 Å². The quantitative estimate of drug-likeness (QED) is 0.718. The molecule has 27 heavy (non-hydrogen) atoms. The molecule has 0 unspecified atom stereocenters. The fourth-order valence-electron chi connectivity index (χ4n) is 2.94. The van der Waals surface area contributed by atoms with Gasteiger partial charge >= 0.3 is 5.97 Å². The summed E-state index contributed by atoms with van der Waals surface area (Å²) >= 11 is 0. The first-order valence-electron chi connectivity index (χ1n) is 9.10. The Hall–Kier alpha value is -2.95. The third kappa shape index (κ3) is 4.61. The van der Waals surface area contributed by atoms with E-state index in [1.165, 1.54) is 0 Å². The van der Waals surface area contributed by atoms with Crippen molar-refractivity contribution < 1.29 is 9.90 Å². The van der Waals surface area contributed by atoms with Gasteiger partial charge in [0.1, 0.15) is 11.7 Å². The van der Waals surface area contributed by atoms with E-state index in [-0.39, 0.29) is 5.41 Å². The van der Waals surface area contributed by atoms with Crippen molar-refractivity contribution in [3.8, 4) is 0 Å². The van der Waals surface area contributed by atoms with Gasteiger partial charge in [0.15, 0.2) is 5.82 Å². The molecule has 3 rings (SSSR count). The summed E-state index contributed by atoms with van der Waals surface area (Å²) < 4.78 is 1.75. The van der Waals surface area contributed by atoms with Gasteiger partial charge in [0.25, 0.3) is 0 Å². The van der Waals surface area contributed by atoms with Crippen molar-refractivity contribution >= 4 is 5.97 Å². The Labute approximate surface area is 159 Å². The Kier molecular flexibility index (Phi) is 5.40. The second kappa shape index (κ2) is 7.74. The van der Waals surface area contributed by atoms with Gasteiger partial charge in [-0.2, -0.15) is 5.10 Å². The molecule has 0 fully saturated rings.